The van der Waals surface area contributed by atoms with Gasteiger partial charge in [0.2, 0.25) is 0 Å². The summed E-state index contributed by atoms with van der Waals surface area (Å²) < 4.78 is 0. The second-order valence-electron chi connectivity index (χ2n) is 8.36. The summed E-state index contributed by atoms with van der Waals surface area (Å²) in [7, 11) is 0. The van der Waals surface area contributed by atoms with Crippen LogP contribution in [0, 0.1) is 17.8 Å². The zero-order valence-electron chi connectivity index (χ0n) is 14.9. The Balaban J connectivity index is 1.51. The third-order valence-corrected chi connectivity index (χ3v) is 6.16. The topological polar surface area (TPSA) is 65.0 Å². The first kappa shape index (κ1) is 15.9. The zero-order chi connectivity index (χ0) is 17.1. The lowest BCUT2D eigenvalue weighted by atomic mass is 9.85. The van der Waals surface area contributed by atoms with E-state index in [0.717, 1.165) is 31.8 Å². The van der Waals surface area contributed by atoms with Crippen molar-refractivity contribution in [1.82, 2.24) is 15.1 Å². The van der Waals surface area contributed by atoms with Gasteiger partial charge in [-0.3, -0.25) is 14.7 Å². The van der Waals surface area contributed by atoms with Gasteiger partial charge in [0.15, 0.2) is 0 Å². The predicted octanol–water partition coefficient (Wildman–Crippen LogP) is 1.86. The molecule has 2 aliphatic heterocycles. The highest BCUT2D eigenvalue weighted by atomic mass is 16.2. The average molecular weight is 332 g/mol. The smallest absolute Gasteiger partial charge is 0.317 e. The molecule has 1 N–H and O–H groups in total. The van der Waals surface area contributed by atoms with Gasteiger partial charge in [0.05, 0.1) is 0 Å². The first-order valence-corrected chi connectivity index (χ1v) is 9.34. The zero-order valence-corrected chi connectivity index (χ0v) is 14.9. The first-order valence-electron chi connectivity index (χ1n) is 9.34. The van der Waals surface area contributed by atoms with Crippen LogP contribution < -0.4 is 5.32 Å². The molecule has 3 amide bonds. The van der Waals surface area contributed by atoms with Crippen molar-refractivity contribution in [2.75, 3.05) is 19.6 Å². The van der Waals surface area contributed by atoms with Crippen LogP contribution in [0.15, 0.2) is 4.99 Å². The SMILES string of the molecule is CC1=N[C@@]2(CC[C@@H]3CN(C(=O)NC(C)C)C[C@@H]32)C(=O)N1CC1CC1. The van der Waals surface area contributed by atoms with Crippen LogP contribution in [-0.2, 0) is 4.79 Å². The number of carbonyl (C=O) groups excluding carboxylic acids is 2. The molecule has 4 rings (SSSR count). The van der Waals surface area contributed by atoms with Crippen LogP contribution in [0.1, 0.15) is 46.5 Å². The van der Waals surface area contributed by atoms with Gasteiger partial charge in [0.25, 0.3) is 5.91 Å². The first-order chi connectivity index (χ1) is 11.4. The number of hydrogen-bond donors (Lipinski definition) is 1. The fourth-order valence-corrected chi connectivity index (χ4v) is 4.76. The average Bonchev–Trinajstić information content (AvgIpc) is 3.04. The molecule has 3 atom stereocenters. The maximum atomic E-state index is 13.2. The Labute approximate surface area is 143 Å². The minimum Gasteiger partial charge on any atom is -0.336 e. The third-order valence-electron chi connectivity index (χ3n) is 6.16. The van der Waals surface area contributed by atoms with Crippen molar-refractivity contribution in [3.63, 3.8) is 0 Å². The van der Waals surface area contributed by atoms with Crippen LogP contribution in [0.4, 0.5) is 4.79 Å². The molecule has 4 aliphatic rings. The molecule has 0 radical (unpaired) electrons. The van der Waals surface area contributed by atoms with E-state index >= 15 is 0 Å². The lowest BCUT2D eigenvalue weighted by molar-refractivity contribution is -0.132. The molecule has 0 aromatic heterocycles. The maximum absolute atomic E-state index is 13.2. The molecule has 0 unspecified atom stereocenters. The second kappa shape index (κ2) is 5.46. The van der Waals surface area contributed by atoms with Crippen molar-refractivity contribution in [3.05, 3.63) is 0 Å². The summed E-state index contributed by atoms with van der Waals surface area (Å²) in [5.41, 5.74) is -0.587. The Morgan fingerprint density at radius 1 is 1.33 bits per heavy atom. The number of amides is 3. The molecule has 0 bridgehead atoms. The van der Waals surface area contributed by atoms with Crippen molar-refractivity contribution in [3.8, 4) is 0 Å². The number of urea groups is 1. The van der Waals surface area contributed by atoms with E-state index in [1.807, 2.05) is 30.6 Å². The van der Waals surface area contributed by atoms with Gasteiger partial charge in [-0.15, -0.1) is 0 Å². The van der Waals surface area contributed by atoms with E-state index in [0.29, 0.717) is 18.4 Å². The van der Waals surface area contributed by atoms with Crippen molar-refractivity contribution in [2.45, 2.75) is 58.0 Å². The molecule has 2 saturated carbocycles. The molecular weight excluding hydrogens is 304 g/mol. The number of likely N-dealkylation sites (tertiary alicyclic amines) is 1. The van der Waals surface area contributed by atoms with Gasteiger partial charge in [0, 0.05) is 31.6 Å². The monoisotopic (exact) mass is 332 g/mol. The van der Waals surface area contributed by atoms with E-state index in [1.54, 1.807) is 0 Å². The molecule has 6 heteroatoms. The molecule has 2 heterocycles. The second-order valence-corrected chi connectivity index (χ2v) is 8.36. The van der Waals surface area contributed by atoms with Gasteiger partial charge in [0.1, 0.15) is 11.4 Å². The van der Waals surface area contributed by atoms with Gasteiger partial charge in [-0.1, -0.05) is 0 Å². The molecule has 2 aliphatic carbocycles. The van der Waals surface area contributed by atoms with Gasteiger partial charge in [-0.25, -0.2) is 4.79 Å². The number of aliphatic imine (C=N–C) groups is 1. The molecule has 6 nitrogen and oxygen atoms in total. The Kier molecular flexibility index (Phi) is 3.62. The largest absolute Gasteiger partial charge is 0.336 e. The number of hydrogen-bond acceptors (Lipinski definition) is 3. The molecule has 1 spiro atoms. The van der Waals surface area contributed by atoms with Crippen molar-refractivity contribution >= 4 is 17.8 Å². The Morgan fingerprint density at radius 2 is 2.08 bits per heavy atom. The Hall–Kier alpha value is -1.59. The fourth-order valence-electron chi connectivity index (χ4n) is 4.76. The highest BCUT2D eigenvalue weighted by Gasteiger charge is 2.61. The lowest BCUT2D eigenvalue weighted by Crippen LogP contribution is -2.48. The molecule has 0 aromatic rings. The number of rotatable bonds is 3. The van der Waals surface area contributed by atoms with Crippen molar-refractivity contribution in [2.24, 2.45) is 22.7 Å². The minimum atomic E-state index is -0.587. The lowest BCUT2D eigenvalue weighted by Gasteiger charge is -2.28. The quantitative estimate of drug-likeness (QED) is 0.857. The highest BCUT2D eigenvalue weighted by Crippen LogP contribution is 2.50. The summed E-state index contributed by atoms with van der Waals surface area (Å²) in [5, 5.41) is 2.97. The van der Waals surface area contributed by atoms with E-state index in [2.05, 4.69) is 5.32 Å². The van der Waals surface area contributed by atoms with Crippen LogP contribution in [0.2, 0.25) is 0 Å². The molecule has 24 heavy (non-hydrogen) atoms. The molecule has 132 valence electrons. The molecule has 0 aromatic carbocycles. The van der Waals surface area contributed by atoms with E-state index in [1.165, 1.54) is 12.8 Å². The van der Waals surface area contributed by atoms with Crippen LogP contribution in [0.25, 0.3) is 0 Å². The predicted molar refractivity (Wildman–Crippen MR) is 91.7 cm³/mol. The van der Waals surface area contributed by atoms with E-state index in [9.17, 15) is 9.59 Å². The normalized spacial score (nSPS) is 35.2. The summed E-state index contributed by atoms with van der Waals surface area (Å²) in [6.07, 6.45) is 4.31. The van der Waals surface area contributed by atoms with Gasteiger partial charge in [-0.2, -0.15) is 0 Å². The summed E-state index contributed by atoms with van der Waals surface area (Å²) in [5.74, 6) is 2.35. The van der Waals surface area contributed by atoms with Crippen LogP contribution in [0.5, 0.6) is 0 Å². The van der Waals surface area contributed by atoms with Crippen LogP contribution >= 0.6 is 0 Å². The molecule has 3 fully saturated rings. The standard InChI is InChI=1S/C18H28N4O2/c1-11(2)19-17(24)21-9-14-6-7-18(15(14)10-21)16(23)22(12(3)20-18)8-13-4-5-13/h11,13-15H,4-10H2,1-3H3,(H,19,24)/t14-,15+,18-/m1/s1. The maximum Gasteiger partial charge on any atom is 0.317 e. The summed E-state index contributed by atoms with van der Waals surface area (Å²) in [6, 6.07) is 0.129. The van der Waals surface area contributed by atoms with E-state index in [-0.39, 0.29) is 23.9 Å². The van der Waals surface area contributed by atoms with Crippen LogP contribution in [-0.4, -0.2) is 58.8 Å². The summed E-state index contributed by atoms with van der Waals surface area (Å²) >= 11 is 0. The molecule has 1 saturated heterocycles. The van der Waals surface area contributed by atoms with E-state index < -0.39 is 5.54 Å². The Bertz CT molecular complexity index is 598. The van der Waals surface area contributed by atoms with Crippen LogP contribution in [0.3, 0.4) is 0 Å². The number of fused-ring (bicyclic) bond motifs is 2. The van der Waals surface area contributed by atoms with Crippen molar-refractivity contribution in [1.29, 1.82) is 0 Å². The van der Waals surface area contributed by atoms with Gasteiger partial charge in [-0.05, 0) is 58.3 Å². The summed E-state index contributed by atoms with van der Waals surface area (Å²) in [6.45, 7) is 8.17. The fraction of sp³-hybridized carbons (Fsp3) is 0.833. The van der Waals surface area contributed by atoms with Gasteiger partial charge >= 0.3 is 6.03 Å². The van der Waals surface area contributed by atoms with Crippen molar-refractivity contribution < 1.29 is 9.59 Å². The number of carbonyl (C=O) groups is 2. The number of amidine groups is 1. The third kappa shape index (κ3) is 2.42. The number of nitrogens with zero attached hydrogens (tertiary/aromatic N) is 3. The van der Waals surface area contributed by atoms with E-state index in [4.69, 9.17) is 4.99 Å². The number of nitrogens with one attached hydrogen (secondary N) is 1. The Morgan fingerprint density at radius 3 is 2.75 bits per heavy atom. The summed E-state index contributed by atoms with van der Waals surface area (Å²) in [4.78, 5) is 34.2. The minimum absolute atomic E-state index is 0.00414. The van der Waals surface area contributed by atoms with Gasteiger partial charge < -0.3 is 10.2 Å². The molecular formula is C18H28N4O2. The highest BCUT2D eigenvalue weighted by molar-refractivity contribution is 6.07.